The quantitative estimate of drug-likeness (QED) is 0.822. The molecule has 2 aromatic rings. The fourth-order valence-corrected chi connectivity index (χ4v) is 1.79. The summed E-state index contributed by atoms with van der Waals surface area (Å²) in [5, 5.41) is 12.3. The number of anilines is 2. The number of nitrogens with two attached hydrogens (primary N) is 1. The van der Waals surface area contributed by atoms with Crippen LogP contribution in [-0.4, -0.2) is 7.11 Å². The molecule has 2 rings (SSSR count). The zero-order chi connectivity index (χ0) is 13.7. The van der Waals surface area contributed by atoms with Crippen molar-refractivity contribution in [2.24, 2.45) is 0 Å². The third-order valence-electron chi connectivity index (χ3n) is 2.78. The maximum atomic E-state index is 9.07. The first-order valence-corrected chi connectivity index (χ1v) is 5.89. The van der Waals surface area contributed by atoms with Gasteiger partial charge >= 0.3 is 0 Å². The summed E-state index contributed by atoms with van der Waals surface area (Å²) in [5.41, 5.74) is 8.86. The fraction of sp³-hybridized carbons (Fsp3) is 0.133. The van der Waals surface area contributed by atoms with E-state index in [-0.39, 0.29) is 0 Å². The maximum absolute atomic E-state index is 9.07. The Morgan fingerprint density at radius 3 is 2.79 bits per heavy atom. The Balaban J connectivity index is 2.17. The van der Waals surface area contributed by atoms with Crippen molar-refractivity contribution in [1.29, 1.82) is 5.26 Å². The molecule has 0 amide bonds. The molecule has 0 radical (unpaired) electrons. The highest BCUT2D eigenvalue weighted by Gasteiger charge is 2.04. The van der Waals surface area contributed by atoms with Gasteiger partial charge in [0, 0.05) is 18.3 Å². The minimum absolute atomic E-state index is 0.588. The average molecular weight is 253 g/mol. The van der Waals surface area contributed by atoms with Crippen molar-refractivity contribution in [3.63, 3.8) is 0 Å². The second-order valence-electron chi connectivity index (χ2n) is 4.12. The normalized spacial score (nSPS) is 9.68. The van der Waals surface area contributed by atoms with Crippen LogP contribution in [-0.2, 0) is 6.54 Å². The zero-order valence-electron chi connectivity index (χ0n) is 10.7. The van der Waals surface area contributed by atoms with Crippen molar-refractivity contribution >= 4 is 11.4 Å². The molecule has 0 aliphatic rings. The number of hydrogen-bond donors (Lipinski definition) is 2. The van der Waals surface area contributed by atoms with E-state index in [0.717, 1.165) is 16.9 Å². The van der Waals surface area contributed by atoms with Gasteiger partial charge in [-0.05, 0) is 29.8 Å². The molecule has 96 valence electrons. The molecule has 4 nitrogen and oxygen atoms in total. The van der Waals surface area contributed by atoms with Gasteiger partial charge in [-0.2, -0.15) is 5.26 Å². The molecule has 0 fully saturated rings. The monoisotopic (exact) mass is 253 g/mol. The first-order chi connectivity index (χ1) is 9.22. The van der Waals surface area contributed by atoms with Gasteiger partial charge in [0.05, 0.1) is 18.4 Å². The average Bonchev–Trinajstić information content (AvgIpc) is 2.45. The fourth-order valence-electron chi connectivity index (χ4n) is 1.79. The first kappa shape index (κ1) is 12.8. The summed E-state index contributed by atoms with van der Waals surface area (Å²) >= 11 is 0. The summed E-state index contributed by atoms with van der Waals surface area (Å²) in [7, 11) is 1.60. The van der Waals surface area contributed by atoms with E-state index in [4.69, 9.17) is 15.7 Å². The van der Waals surface area contributed by atoms with Crippen LogP contribution in [0.2, 0.25) is 0 Å². The number of hydrogen-bond acceptors (Lipinski definition) is 4. The largest absolute Gasteiger partial charge is 0.497 e. The number of rotatable bonds is 4. The van der Waals surface area contributed by atoms with Gasteiger partial charge in [0.15, 0.2) is 0 Å². The van der Waals surface area contributed by atoms with Crippen LogP contribution in [0.4, 0.5) is 11.4 Å². The van der Waals surface area contributed by atoms with Gasteiger partial charge in [-0.25, -0.2) is 0 Å². The Hall–Kier alpha value is -2.67. The molecule has 3 N–H and O–H groups in total. The van der Waals surface area contributed by atoms with Gasteiger partial charge in [-0.15, -0.1) is 0 Å². The Labute approximate surface area is 112 Å². The van der Waals surface area contributed by atoms with Crippen molar-refractivity contribution in [3.8, 4) is 11.8 Å². The molecule has 2 aromatic carbocycles. The van der Waals surface area contributed by atoms with E-state index in [1.165, 1.54) is 0 Å². The van der Waals surface area contributed by atoms with Gasteiger partial charge in [0.1, 0.15) is 11.8 Å². The number of nitrogens with zero attached hydrogens (tertiary/aromatic N) is 1. The number of methoxy groups -OCH3 is 1. The van der Waals surface area contributed by atoms with Crippen LogP contribution >= 0.6 is 0 Å². The summed E-state index contributed by atoms with van der Waals surface area (Å²) < 4.78 is 5.16. The molecular weight excluding hydrogens is 238 g/mol. The van der Waals surface area contributed by atoms with Crippen LogP contribution in [0.1, 0.15) is 11.1 Å². The Bertz CT molecular complexity index is 617. The summed E-state index contributed by atoms with van der Waals surface area (Å²) in [6, 6.07) is 15.1. The van der Waals surface area contributed by atoms with Gasteiger partial charge in [-0.1, -0.05) is 12.1 Å². The van der Waals surface area contributed by atoms with Gasteiger partial charge in [0.2, 0.25) is 0 Å². The third kappa shape index (κ3) is 3.17. The molecule has 0 aromatic heterocycles. The SMILES string of the molecule is COc1ccc(C#N)c(NCc2cccc(N)c2)c1. The van der Waals surface area contributed by atoms with Crippen LogP contribution in [0.25, 0.3) is 0 Å². The number of ether oxygens (including phenoxy) is 1. The van der Waals surface area contributed by atoms with Crippen LogP contribution in [0.3, 0.4) is 0 Å². The molecule has 0 saturated heterocycles. The minimum atomic E-state index is 0.588. The topological polar surface area (TPSA) is 71.1 Å². The second kappa shape index (κ2) is 5.78. The molecule has 0 atom stereocenters. The highest BCUT2D eigenvalue weighted by atomic mass is 16.5. The lowest BCUT2D eigenvalue weighted by molar-refractivity contribution is 0.415. The number of nitrogens with one attached hydrogen (secondary N) is 1. The van der Waals surface area contributed by atoms with Crippen molar-refractivity contribution in [2.75, 3.05) is 18.2 Å². The van der Waals surface area contributed by atoms with Crippen molar-refractivity contribution in [3.05, 3.63) is 53.6 Å². The van der Waals surface area contributed by atoms with Crippen molar-refractivity contribution < 1.29 is 4.74 Å². The van der Waals surface area contributed by atoms with E-state index in [9.17, 15) is 0 Å². The van der Waals surface area contributed by atoms with Gasteiger partial charge < -0.3 is 15.8 Å². The van der Waals surface area contributed by atoms with E-state index in [1.54, 1.807) is 19.2 Å². The second-order valence-corrected chi connectivity index (χ2v) is 4.12. The summed E-state index contributed by atoms with van der Waals surface area (Å²) in [4.78, 5) is 0. The van der Waals surface area contributed by atoms with Gasteiger partial charge in [-0.3, -0.25) is 0 Å². The predicted octanol–water partition coefficient (Wildman–Crippen LogP) is 2.76. The van der Waals surface area contributed by atoms with E-state index in [1.807, 2.05) is 30.3 Å². The molecule has 0 spiro atoms. The first-order valence-electron chi connectivity index (χ1n) is 5.89. The standard InChI is InChI=1S/C15H15N3O/c1-19-14-6-5-12(9-16)15(8-14)18-10-11-3-2-4-13(17)7-11/h2-8,18H,10,17H2,1H3. The molecular formula is C15H15N3O. The van der Waals surface area contributed by atoms with Crippen molar-refractivity contribution in [1.82, 2.24) is 0 Å². The van der Waals surface area contributed by atoms with Gasteiger partial charge in [0.25, 0.3) is 0 Å². The number of benzene rings is 2. The molecule has 0 aliphatic heterocycles. The Morgan fingerprint density at radius 2 is 2.11 bits per heavy atom. The minimum Gasteiger partial charge on any atom is -0.497 e. The zero-order valence-corrected chi connectivity index (χ0v) is 10.7. The van der Waals surface area contributed by atoms with Crippen LogP contribution < -0.4 is 15.8 Å². The van der Waals surface area contributed by atoms with E-state index in [2.05, 4.69) is 11.4 Å². The Morgan fingerprint density at radius 1 is 1.26 bits per heavy atom. The Kier molecular flexibility index (Phi) is 3.89. The number of nitrogen functional groups attached to an aromatic ring is 1. The molecule has 19 heavy (non-hydrogen) atoms. The molecule has 0 aliphatic carbocycles. The molecule has 0 heterocycles. The van der Waals surface area contributed by atoms with E-state index >= 15 is 0 Å². The lowest BCUT2D eigenvalue weighted by Gasteiger charge is -2.10. The van der Waals surface area contributed by atoms with Crippen molar-refractivity contribution in [2.45, 2.75) is 6.54 Å². The molecule has 0 bridgehead atoms. The molecule has 0 unspecified atom stereocenters. The van der Waals surface area contributed by atoms with Crippen LogP contribution in [0, 0.1) is 11.3 Å². The lowest BCUT2D eigenvalue weighted by Crippen LogP contribution is -2.02. The maximum Gasteiger partial charge on any atom is 0.121 e. The van der Waals surface area contributed by atoms with Crippen LogP contribution in [0.5, 0.6) is 5.75 Å². The highest BCUT2D eigenvalue weighted by molar-refractivity contribution is 5.60. The molecule has 4 heteroatoms. The summed E-state index contributed by atoms with van der Waals surface area (Å²) in [5.74, 6) is 0.717. The van der Waals surface area contributed by atoms with E-state index in [0.29, 0.717) is 17.9 Å². The predicted molar refractivity (Wildman–Crippen MR) is 75.9 cm³/mol. The highest BCUT2D eigenvalue weighted by Crippen LogP contribution is 2.22. The van der Waals surface area contributed by atoms with Crippen LogP contribution in [0.15, 0.2) is 42.5 Å². The smallest absolute Gasteiger partial charge is 0.121 e. The summed E-state index contributed by atoms with van der Waals surface area (Å²) in [6.45, 7) is 0.604. The van der Waals surface area contributed by atoms with E-state index < -0.39 is 0 Å². The third-order valence-corrected chi connectivity index (χ3v) is 2.78. The summed E-state index contributed by atoms with van der Waals surface area (Å²) in [6.07, 6.45) is 0. The molecule has 0 saturated carbocycles. The number of nitriles is 1. The lowest BCUT2D eigenvalue weighted by atomic mass is 10.1.